The molecule has 94 valence electrons. The van der Waals surface area contributed by atoms with Crippen LogP contribution in [0.5, 0.6) is 0 Å². The zero-order valence-corrected chi connectivity index (χ0v) is 9.69. The van der Waals surface area contributed by atoms with Gasteiger partial charge in [-0.2, -0.15) is 0 Å². The number of halogens is 2. The lowest BCUT2D eigenvalue weighted by Gasteiger charge is -2.25. The molecule has 0 fully saturated rings. The number of nitrogens with zero attached hydrogens (tertiary/aromatic N) is 1. The van der Waals surface area contributed by atoms with Crippen LogP contribution in [0.1, 0.15) is 18.1 Å². The van der Waals surface area contributed by atoms with Crippen LogP contribution in [-0.2, 0) is 5.60 Å². The Balaban J connectivity index is 2.62. The van der Waals surface area contributed by atoms with E-state index in [0.717, 1.165) is 6.07 Å². The van der Waals surface area contributed by atoms with Gasteiger partial charge in [-0.05, 0) is 19.1 Å². The van der Waals surface area contributed by atoms with E-state index in [-0.39, 0.29) is 16.9 Å². The summed E-state index contributed by atoms with van der Waals surface area (Å²) in [5, 5.41) is 10.4. The van der Waals surface area contributed by atoms with E-state index < -0.39 is 17.2 Å². The maximum atomic E-state index is 13.7. The third-order valence-electron chi connectivity index (χ3n) is 2.84. The Morgan fingerprint density at radius 1 is 1.17 bits per heavy atom. The fourth-order valence-electron chi connectivity index (χ4n) is 1.85. The number of pyridine rings is 1. The smallest absolute Gasteiger partial charge is 0.165 e. The van der Waals surface area contributed by atoms with Gasteiger partial charge in [0.25, 0.3) is 0 Å². The van der Waals surface area contributed by atoms with E-state index in [0.29, 0.717) is 0 Å². The van der Waals surface area contributed by atoms with Gasteiger partial charge in [-0.25, -0.2) is 13.8 Å². The Hall–Kier alpha value is -2.01. The van der Waals surface area contributed by atoms with Crippen molar-refractivity contribution in [1.82, 2.24) is 4.98 Å². The number of rotatable bonds is 2. The van der Waals surface area contributed by atoms with Gasteiger partial charge in [-0.3, -0.25) is 0 Å². The Bertz CT molecular complexity index is 585. The summed E-state index contributed by atoms with van der Waals surface area (Å²) in [6, 6.07) is 6.71. The van der Waals surface area contributed by atoms with Gasteiger partial charge >= 0.3 is 0 Å². The topological polar surface area (TPSA) is 59.1 Å². The molecule has 0 saturated heterocycles. The van der Waals surface area contributed by atoms with E-state index in [1.54, 1.807) is 6.07 Å². The molecule has 0 saturated carbocycles. The zero-order chi connectivity index (χ0) is 13.3. The van der Waals surface area contributed by atoms with Crippen LogP contribution in [-0.4, -0.2) is 10.1 Å². The number of hydrogen-bond donors (Lipinski definition) is 2. The maximum Gasteiger partial charge on any atom is 0.165 e. The van der Waals surface area contributed by atoms with Gasteiger partial charge in [0.1, 0.15) is 11.4 Å². The second-order valence-electron chi connectivity index (χ2n) is 4.11. The van der Waals surface area contributed by atoms with E-state index in [1.165, 1.54) is 31.3 Å². The first-order valence-corrected chi connectivity index (χ1v) is 5.32. The second-order valence-corrected chi connectivity index (χ2v) is 4.11. The second kappa shape index (κ2) is 4.34. The molecule has 1 heterocycles. The molecule has 1 unspecified atom stereocenters. The van der Waals surface area contributed by atoms with Crippen molar-refractivity contribution in [2.75, 3.05) is 5.73 Å². The van der Waals surface area contributed by atoms with Crippen LogP contribution >= 0.6 is 0 Å². The van der Waals surface area contributed by atoms with E-state index in [1.807, 2.05) is 0 Å². The summed E-state index contributed by atoms with van der Waals surface area (Å²) >= 11 is 0. The molecular weight excluding hydrogens is 238 g/mol. The van der Waals surface area contributed by atoms with Gasteiger partial charge in [0.15, 0.2) is 11.6 Å². The van der Waals surface area contributed by atoms with Crippen LogP contribution in [0.4, 0.5) is 14.6 Å². The van der Waals surface area contributed by atoms with Gasteiger partial charge in [-0.1, -0.05) is 18.2 Å². The number of benzene rings is 1. The molecule has 0 bridgehead atoms. The Morgan fingerprint density at radius 3 is 2.50 bits per heavy atom. The normalized spacial score (nSPS) is 14.2. The fraction of sp³-hybridized carbons (Fsp3) is 0.154. The van der Waals surface area contributed by atoms with E-state index in [9.17, 15) is 13.9 Å². The molecule has 0 amide bonds. The lowest BCUT2D eigenvalue weighted by atomic mass is 9.88. The molecule has 0 radical (unpaired) electrons. The molecule has 18 heavy (non-hydrogen) atoms. The molecule has 3 nitrogen and oxygen atoms in total. The van der Waals surface area contributed by atoms with Crippen molar-refractivity contribution in [3.8, 4) is 0 Å². The highest BCUT2D eigenvalue weighted by Gasteiger charge is 2.32. The van der Waals surface area contributed by atoms with Crippen LogP contribution in [0, 0.1) is 11.6 Å². The number of nitrogens with two attached hydrogens (primary N) is 1. The average molecular weight is 250 g/mol. The van der Waals surface area contributed by atoms with Crippen molar-refractivity contribution >= 4 is 5.82 Å². The highest BCUT2D eigenvalue weighted by atomic mass is 19.2. The summed E-state index contributed by atoms with van der Waals surface area (Å²) in [7, 11) is 0. The van der Waals surface area contributed by atoms with Crippen LogP contribution in [0.2, 0.25) is 0 Å². The van der Waals surface area contributed by atoms with Crippen molar-refractivity contribution in [3.63, 3.8) is 0 Å². The maximum absolute atomic E-state index is 13.7. The van der Waals surface area contributed by atoms with Crippen LogP contribution in [0.3, 0.4) is 0 Å². The molecule has 3 N–H and O–H groups in total. The molecule has 1 aromatic carbocycles. The summed E-state index contributed by atoms with van der Waals surface area (Å²) in [5.41, 5.74) is 3.95. The Labute approximate surface area is 103 Å². The molecule has 0 aliphatic heterocycles. The monoisotopic (exact) mass is 250 g/mol. The molecule has 0 spiro atoms. The first-order valence-electron chi connectivity index (χ1n) is 5.32. The van der Waals surface area contributed by atoms with E-state index in [2.05, 4.69) is 4.98 Å². The molecule has 0 aliphatic rings. The highest BCUT2D eigenvalue weighted by molar-refractivity contribution is 5.48. The minimum Gasteiger partial charge on any atom is -0.383 e. The lowest BCUT2D eigenvalue weighted by molar-refractivity contribution is 0.0975. The van der Waals surface area contributed by atoms with Crippen LogP contribution in [0.25, 0.3) is 0 Å². The summed E-state index contributed by atoms with van der Waals surface area (Å²) in [5.74, 6) is -2.04. The first-order chi connectivity index (χ1) is 8.44. The summed E-state index contributed by atoms with van der Waals surface area (Å²) in [6.07, 6.45) is 1.46. The summed E-state index contributed by atoms with van der Waals surface area (Å²) in [6.45, 7) is 1.35. The van der Waals surface area contributed by atoms with Crippen molar-refractivity contribution in [1.29, 1.82) is 0 Å². The number of aliphatic hydroxyl groups is 1. The van der Waals surface area contributed by atoms with Crippen molar-refractivity contribution in [3.05, 3.63) is 59.3 Å². The number of aromatic nitrogens is 1. The van der Waals surface area contributed by atoms with Crippen LogP contribution in [0.15, 0.2) is 36.5 Å². The Morgan fingerprint density at radius 2 is 1.83 bits per heavy atom. The number of anilines is 1. The molecule has 2 rings (SSSR count). The SMILES string of the molecule is CC(O)(c1cccnc1N)c1cccc(F)c1F. The number of nitrogen functional groups attached to an aromatic ring is 1. The zero-order valence-electron chi connectivity index (χ0n) is 9.69. The quantitative estimate of drug-likeness (QED) is 0.859. The average Bonchev–Trinajstić information content (AvgIpc) is 2.32. The highest BCUT2D eigenvalue weighted by Crippen LogP contribution is 2.33. The molecule has 1 atom stereocenters. The minimum absolute atomic E-state index is 0.0751. The summed E-state index contributed by atoms with van der Waals surface area (Å²) in [4.78, 5) is 3.82. The fourth-order valence-corrected chi connectivity index (χ4v) is 1.85. The lowest BCUT2D eigenvalue weighted by Crippen LogP contribution is -2.26. The van der Waals surface area contributed by atoms with Gasteiger partial charge in [0, 0.05) is 17.3 Å². The van der Waals surface area contributed by atoms with Gasteiger partial charge in [0.2, 0.25) is 0 Å². The van der Waals surface area contributed by atoms with Gasteiger partial charge in [0.05, 0.1) is 0 Å². The molecule has 1 aromatic heterocycles. The molecule has 2 aromatic rings. The van der Waals surface area contributed by atoms with Gasteiger partial charge in [-0.15, -0.1) is 0 Å². The minimum atomic E-state index is -1.75. The largest absolute Gasteiger partial charge is 0.383 e. The Kier molecular flexibility index (Phi) is 3.00. The predicted molar refractivity (Wildman–Crippen MR) is 63.7 cm³/mol. The van der Waals surface area contributed by atoms with Crippen molar-refractivity contribution in [2.24, 2.45) is 0 Å². The molecule has 0 aliphatic carbocycles. The third kappa shape index (κ3) is 1.93. The van der Waals surface area contributed by atoms with Crippen molar-refractivity contribution < 1.29 is 13.9 Å². The van der Waals surface area contributed by atoms with Gasteiger partial charge < -0.3 is 10.8 Å². The predicted octanol–water partition coefficient (Wildman–Crippen LogP) is 2.20. The summed E-state index contributed by atoms with van der Waals surface area (Å²) < 4.78 is 26.9. The third-order valence-corrected chi connectivity index (χ3v) is 2.84. The van der Waals surface area contributed by atoms with Crippen LogP contribution < -0.4 is 5.73 Å². The van der Waals surface area contributed by atoms with Crippen molar-refractivity contribution in [2.45, 2.75) is 12.5 Å². The molecule has 5 heteroatoms. The van der Waals surface area contributed by atoms with E-state index in [4.69, 9.17) is 5.73 Å². The standard InChI is InChI=1S/C13H12F2N2O/c1-13(18,9-5-3-7-17-12(9)16)8-4-2-6-10(14)11(8)15/h2-7,18H,1H3,(H2,16,17). The van der Waals surface area contributed by atoms with E-state index >= 15 is 0 Å². The number of hydrogen-bond acceptors (Lipinski definition) is 3. The molecular formula is C13H12F2N2O. The first kappa shape index (κ1) is 12.4.